The maximum atomic E-state index is 14.8. The number of ether oxygens (including phenoxy) is 3. The molecule has 64 heavy (non-hydrogen) atoms. The van der Waals surface area contributed by atoms with E-state index in [2.05, 4.69) is 21.9 Å². The molecule has 0 bridgehead atoms. The SMILES string of the molecule is CCCCCCCCCC(=O)Oc1cc2c(c3c(C)c[nH]c13)[C@H](CCl)CN2C(=O)c1cc2c3c(c(O)c(OC)c2[nH]1)N(C(=O)c1cc2c4c(c(O)c(OC)c2[nH]1)N(C(N)=O)CC4)CC3. The highest BCUT2D eigenvalue weighted by Gasteiger charge is 2.40. The Hall–Kier alpha value is -6.55. The molecule has 336 valence electrons. The molecule has 0 unspecified atom stereocenters. The molecule has 0 fully saturated rings. The molecule has 3 aromatic carbocycles. The van der Waals surface area contributed by atoms with Crippen molar-refractivity contribution in [3.63, 3.8) is 0 Å². The summed E-state index contributed by atoms with van der Waals surface area (Å²) in [5.41, 5.74) is 11.6. The number of aryl methyl sites for hydroxylation is 1. The Bertz CT molecular complexity index is 2900. The molecule has 3 aliphatic heterocycles. The van der Waals surface area contributed by atoms with E-state index < -0.39 is 11.9 Å². The highest BCUT2D eigenvalue weighted by molar-refractivity contribution is 6.20. The molecule has 7 N–H and O–H groups in total. The number of carbonyl (C=O) groups excluding carboxylic acids is 4. The number of hydrogen-bond acceptors (Lipinski definition) is 9. The number of phenols is 2. The van der Waals surface area contributed by atoms with Gasteiger partial charge in [0.1, 0.15) is 11.4 Å². The van der Waals surface area contributed by atoms with Crippen LogP contribution in [-0.2, 0) is 17.6 Å². The number of benzene rings is 3. The van der Waals surface area contributed by atoms with Crippen molar-refractivity contribution >= 4 is 85.2 Å². The number of fused-ring (bicyclic) bond motifs is 9. The van der Waals surface area contributed by atoms with Gasteiger partial charge in [-0.3, -0.25) is 19.3 Å². The number of urea groups is 1. The molecule has 0 radical (unpaired) electrons. The zero-order chi connectivity index (χ0) is 45.1. The summed E-state index contributed by atoms with van der Waals surface area (Å²) in [6, 6.07) is 4.39. The Labute approximate surface area is 373 Å². The van der Waals surface area contributed by atoms with Crippen LogP contribution in [0.2, 0.25) is 0 Å². The molecule has 16 nitrogen and oxygen atoms in total. The minimum atomic E-state index is -0.722. The highest BCUT2D eigenvalue weighted by atomic mass is 35.5. The summed E-state index contributed by atoms with van der Waals surface area (Å²) in [6.45, 7) is 4.89. The number of methoxy groups -OCH3 is 2. The Morgan fingerprint density at radius 1 is 0.797 bits per heavy atom. The van der Waals surface area contributed by atoms with E-state index in [1.165, 1.54) is 43.3 Å². The normalized spacial score (nSPS) is 15.4. The largest absolute Gasteiger partial charge is 0.503 e. The number of halogens is 1. The second-order valence-corrected chi connectivity index (χ2v) is 17.3. The number of amides is 4. The van der Waals surface area contributed by atoms with E-state index >= 15 is 0 Å². The van der Waals surface area contributed by atoms with Gasteiger partial charge in [-0.2, -0.15) is 0 Å². The molecule has 9 rings (SSSR count). The molecule has 3 aromatic heterocycles. The second-order valence-electron chi connectivity index (χ2n) is 16.9. The van der Waals surface area contributed by atoms with Crippen LogP contribution in [0, 0.1) is 6.92 Å². The van der Waals surface area contributed by atoms with Crippen LogP contribution in [0.25, 0.3) is 32.7 Å². The number of aromatic hydroxyl groups is 2. The zero-order valence-corrected chi connectivity index (χ0v) is 37.1. The van der Waals surface area contributed by atoms with Gasteiger partial charge in [0.05, 0.1) is 47.8 Å². The quantitative estimate of drug-likeness (QED) is 0.0267. The lowest BCUT2D eigenvalue weighted by Gasteiger charge is -2.19. The van der Waals surface area contributed by atoms with Gasteiger partial charge in [0.2, 0.25) is 0 Å². The van der Waals surface area contributed by atoms with Crippen molar-refractivity contribution in [1.29, 1.82) is 0 Å². The molecule has 0 saturated heterocycles. The first-order valence-electron chi connectivity index (χ1n) is 21.9. The lowest BCUT2D eigenvalue weighted by molar-refractivity contribution is -0.134. The van der Waals surface area contributed by atoms with Crippen molar-refractivity contribution in [3.05, 3.63) is 58.0 Å². The Kier molecular flexibility index (Phi) is 11.3. The third-order valence-corrected chi connectivity index (χ3v) is 13.5. The summed E-state index contributed by atoms with van der Waals surface area (Å²) in [7, 11) is 2.78. The van der Waals surface area contributed by atoms with E-state index in [9.17, 15) is 29.4 Å². The fourth-order valence-corrected chi connectivity index (χ4v) is 10.4. The number of rotatable bonds is 14. The van der Waals surface area contributed by atoms with Crippen molar-refractivity contribution in [2.45, 2.75) is 84.0 Å². The molecular formula is C47H52ClN7O9. The van der Waals surface area contributed by atoms with Crippen molar-refractivity contribution < 1.29 is 43.6 Å². The number of hydrogen-bond donors (Lipinski definition) is 6. The van der Waals surface area contributed by atoms with Gasteiger partial charge in [-0.15, -0.1) is 11.6 Å². The van der Waals surface area contributed by atoms with Gasteiger partial charge >= 0.3 is 12.0 Å². The first-order chi connectivity index (χ1) is 30.9. The van der Waals surface area contributed by atoms with Gasteiger partial charge in [-0.05, 0) is 60.6 Å². The number of unbranched alkanes of at least 4 members (excludes halogenated alkanes) is 6. The lowest BCUT2D eigenvalue weighted by Crippen LogP contribution is -2.34. The van der Waals surface area contributed by atoms with Crippen molar-refractivity contribution in [3.8, 4) is 28.7 Å². The van der Waals surface area contributed by atoms with Gasteiger partial charge in [0.25, 0.3) is 11.8 Å². The number of aromatic nitrogens is 3. The van der Waals surface area contributed by atoms with Crippen LogP contribution in [0.4, 0.5) is 21.9 Å². The van der Waals surface area contributed by atoms with Crippen LogP contribution >= 0.6 is 11.6 Å². The predicted octanol–water partition coefficient (Wildman–Crippen LogP) is 8.54. The van der Waals surface area contributed by atoms with Gasteiger partial charge in [0.15, 0.2) is 28.7 Å². The summed E-state index contributed by atoms with van der Waals surface area (Å²) in [4.78, 5) is 68.6. The first-order valence-corrected chi connectivity index (χ1v) is 22.5. The third-order valence-electron chi connectivity index (χ3n) is 13.2. The first kappa shape index (κ1) is 42.7. The van der Waals surface area contributed by atoms with Gasteiger partial charge in [-0.25, -0.2) is 4.79 Å². The Balaban J connectivity index is 1.04. The lowest BCUT2D eigenvalue weighted by atomic mass is 9.96. The predicted molar refractivity (Wildman–Crippen MR) is 245 cm³/mol. The topological polar surface area (TPSA) is 220 Å². The van der Waals surface area contributed by atoms with E-state index in [1.807, 2.05) is 13.1 Å². The molecule has 0 aliphatic carbocycles. The summed E-state index contributed by atoms with van der Waals surface area (Å²) in [5, 5.41) is 25.0. The minimum absolute atomic E-state index is 0.0557. The van der Waals surface area contributed by atoms with Gasteiger partial charge in [-0.1, -0.05) is 45.4 Å². The average molecular weight is 894 g/mol. The number of carbonyl (C=O) groups is 4. The van der Waals surface area contributed by atoms with E-state index in [0.29, 0.717) is 62.7 Å². The number of esters is 1. The Morgan fingerprint density at radius 3 is 1.94 bits per heavy atom. The maximum absolute atomic E-state index is 14.8. The third kappa shape index (κ3) is 6.80. The molecule has 6 heterocycles. The van der Waals surface area contributed by atoms with Crippen molar-refractivity contribution in [1.82, 2.24) is 15.0 Å². The monoisotopic (exact) mass is 893 g/mol. The van der Waals surface area contributed by atoms with Crippen LogP contribution < -0.4 is 34.6 Å². The molecule has 3 aliphatic rings. The number of nitrogens with zero attached hydrogens (tertiary/aromatic N) is 3. The van der Waals surface area contributed by atoms with Crippen molar-refractivity contribution in [2.75, 3.05) is 54.4 Å². The number of H-pyrrole nitrogens is 3. The molecule has 0 saturated carbocycles. The summed E-state index contributed by atoms with van der Waals surface area (Å²) in [6.07, 6.45) is 10.4. The van der Waals surface area contributed by atoms with Crippen LogP contribution in [-0.4, -0.2) is 88.7 Å². The molecule has 4 amide bonds. The van der Waals surface area contributed by atoms with Gasteiger partial charge in [0, 0.05) is 66.3 Å². The fourth-order valence-electron chi connectivity index (χ4n) is 10.1. The van der Waals surface area contributed by atoms with Crippen LogP contribution in [0.1, 0.15) is 107 Å². The average Bonchev–Trinajstić information content (AvgIpc) is 4.14. The van der Waals surface area contributed by atoms with Crippen LogP contribution in [0.5, 0.6) is 28.7 Å². The molecular weight excluding hydrogens is 842 g/mol. The molecule has 1 atom stereocenters. The Morgan fingerprint density at radius 2 is 1.36 bits per heavy atom. The van der Waals surface area contributed by atoms with Gasteiger partial charge < -0.3 is 54.9 Å². The summed E-state index contributed by atoms with van der Waals surface area (Å²) >= 11 is 6.61. The molecule has 17 heteroatoms. The number of aromatic amines is 3. The highest BCUT2D eigenvalue weighted by Crippen LogP contribution is 2.52. The van der Waals surface area contributed by atoms with Crippen LogP contribution in [0.15, 0.2) is 24.4 Å². The number of alkyl halides is 1. The standard InChI is InChI=1S/C47H52ClN7O9/c1-5-6-7-8-9-10-11-12-33(56)64-32-19-31-35(34-23(2)21-50-38(32)34)24(20-48)22-55(31)46(60)30-18-27-25-13-15-53(39(25)41(57)43(62-3)36(27)52-30)45(59)29-17-28-26-14-16-54(47(49)61)40(26)42(58)44(63-4)37(28)51-29/h17-19,21,24,50-52,57-58H,5-16,20,22H2,1-4H3,(H2,49,61)/t24-/m1/s1. The van der Waals surface area contributed by atoms with E-state index in [-0.39, 0.29) is 95.5 Å². The molecule has 0 spiro atoms. The summed E-state index contributed by atoms with van der Waals surface area (Å²) in [5.74, 6) is -1.21. The van der Waals surface area contributed by atoms with E-state index in [1.54, 1.807) is 23.1 Å². The number of phenolic OH excluding ortho intramolecular Hbond substituents is 2. The number of nitrogens with two attached hydrogens (primary N) is 1. The smallest absolute Gasteiger partial charge is 0.319 e. The summed E-state index contributed by atoms with van der Waals surface area (Å²) < 4.78 is 17.3. The number of primary amides is 1. The van der Waals surface area contributed by atoms with Crippen LogP contribution in [0.3, 0.4) is 0 Å². The fraction of sp³-hybridized carbons (Fsp3) is 0.404. The van der Waals surface area contributed by atoms with Crippen molar-refractivity contribution in [2.24, 2.45) is 5.73 Å². The number of anilines is 3. The second kappa shape index (κ2) is 16.9. The molecule has 6 aromatic rings. The number of nitrogens with one attached hydrogen (secondary N) is 3. The zero-order valence-electron chi connectivity index (χ0n) is 36.3. The minimum Gasteiger partial charge on any atom is -0.503 e. The van der Waals surface area contributed by atoms with E-state index in [0.717, 1.165) is 42.2 Å². The maximum Gasteiger partial charge on any atom is 0.319 e. The van der Waals surface area contributed by atoms with E-state index in [4.69, 9.17) is 31.5 Å².